The highest BCUT2D eigenvalue weighted by molar-refractivity contribution is 5.21. The molecule has 0 saturated carbocycles. The van der Waals surface area contributed by atoms with Gasteiger partial charge in [0.15, 0.2) is 0 Å². The lowest BCUT2D eigenvalue weighted by atomic mass is 9.90. The van der Waals surface area contributed by atoms with Gasteiger partial charge in [-0.2, -0.15) is 0 Å². The molecular formula is C16H27FN2. The second-order valence-corrected chi connectivity index (χ2v) is 5.68. The van der Waals surface area contributed by atoms with Crippen LogP contribution in [0.4, 0.5) is 4.39 Å². The molecule has 0 unspecified atom stereocenters. The molecule has 0 radical (unpaired) electrons. The van der Waals surface area contributed by atoms with Crippen LogP contribution in [0.15, 0.2) is 24.3 Å². The molecule has 1 aromatic carbocycles. The summed E-state index contributed by atoms with van der Waals surface area (Å²) < 4.78 is 13.5. The number of nitrogens with one attached hydrogen (secondary N) is 1. The van der Waals surface area contributed by atoms with Gasteiger partial charge < -0.3 is 5.32 Å². The van der Waals surface area contributed by atoms with E-state index in [1.807, 2.05) is 6.07 Å². The summed E-state index contributed by atoms with van der Waals surface area (Å²) in [6.45, 7) is 8.67. The number of piperidine rings is 1. The third kappa shape index (κ3) is 3.54. The molecule has 1 N–H and O–H groups in total. The molecule has 1 saturated heterocycles. The zero-order valence-electron chi connectivity index (χ0n) is 12.2. The number of halogens is 1. The SMILES string of the molecule is CCN[C@@H]1CCN(C(C)C)[C@H](c2cccc(F)c2)C1.[HH]. The summed E-state index contributed by atoms with van der Waals surface area (Å²) in [5, 5.41) is 3.54. The Morgan fingerprint density at radius 2 is 2.26 bits per heavy atom. The van der Waals surface area contributed by atoms with E-state index in [2.05, 4.69) is 37.1 Å². The largest absolute Gasteiger partial charge is 0.314 e. The van der Waals surface area contributed by atoms with E-state index in [0.29, 0.717) is 18.1 Å². The number of rotatable bonds is 4. The molecule has 0 aromatic heterocycles. The van der Waals surface area contributed by atoms with Crippen molar-refractivity contribution >= 4 is 0 Å². The van der Waals surface area contributed by atoms with Crippen LogP contribution in [-0.2, 0) is 0 Å². The highest BCUT2D eigenvalue weighted by Gasteiger charge is 2.30. The molecular weight excluding hydrogens is 239 g/mol. The summed E-state index contributed by atoms with van der Waals surface area (Å²) in [5.41, 5.74) is 1.11. The van der Waals surface area contributed by atoms with Crippen molar-refractivity contribution in [1.82, 2.24) is 10.2 Å². The van der Waals surface area contributed by atoms with Gasteiger partial charge in [0.25, 0.3) is 0 Å². The predicted octanol–water partition coefficient (Wildman–Crippen LogP) is 3.60. The third-order valence-corrected chi connectivity index (χ3v) is 4.03. The van der Waals surface area contributed by atoms with Crippen LogP contribution in [0.25, 0.3) is 0 Å². The lowest BCUT2D eigenvalue weighted by Crippen LogP contribution is -2.46. The van der Waals surface area contributed by atoms with Gasteiger partial charge in [-0.1, -0.05) is 19.1 Å². The van der Waals surface area contributed by atoms with Crippen LogP contribution in [0, 0.1) is 5.82 Å². The van der Waals surface area contributed by atoms with Crippen molar-refractivity contribution in [2.45, 2.75) is 51.7 Å². The van der Waals surface area contributed by atoms with Crippen LogP contribution in [0.5, 0.6) is 0 Å². The molecule has 2 nitrogen and oxygen atoms in total. The fourth-order valence-corrected chi connectivity index (χ4v) is 3.12. The molecule has 2 atom stereocenters. The third-order valence-electron chi connectivity index (χ3n) is 4.03. The monoisotopic (exact) mass is 266 g/mol. The topological polar surface area (TPSA) is 15.3 Å². The number of likely N-dealkylation sites (tertiary alicyclic amines) is 1. The van der Waals surface area contributed by atoms with E-state index in [1.54, 1.807) is 6.07 Å². The van der Waals surface area contributed by atoms with Gasteiger partial charge in [0, 0.05) is 26.1 Å². The highest BCUT2D eigenvalue weighted by Crippen LogP contribution is 2.32. The van der Waals surface area contributed by atoms with Crippen LogP contribution in [0.3, 0.4) is 0 Å². The molecule has 1 aromatic rings. The van der Waals surface area contributed by atoms with E-state index in [0.717, 1.165) is 25.1 Å². The molecule has 0 bridgehead atoms. The van der Waals surface area contributed by atoms with Gasteiger partial charge in [-0.3, -0.25) is 4.90 Å². The number of hydrogen-bond donors (Lipinski definition) is 1. The van der Waals surface area contributed by atoms with Gasteiger partial charge in [-0.25, -0.2) is 4.39 Å². The van der Waals surface area contributed by atoms with Crippen LogP contribution in [0.1, 0.15) is 46.6 Å². The van der Waals surface area contributed by atoms with Crippen molar-refractivity contribution in [3.05, 3.63) is 35.6 Å². The van der Waals surface area contributed by atoms with Crippen LogP contribution < -0.4 is 5.32 Å². The Labute approximate surface area is 117 Å². The second-order valence-electron chi connectivity index (χ2n) is 5.68. The van der Waals surface area contributed by atoms with Gasteiger partial charge in [0.2, 0.25) is 0 Å². The summed E-state index contributed by atoms with van der Waals surface area (Å²) >= 11 is 0. The van der Waals surface area contributed by atoms with E-state index in [-0.39, 0.29) is 7.24 Å². The summed E-state index contributed by atoms with van der Waals surface area (Å²) in [6, 6.07) is 8.46. The Balaban J connectivity index is 0.00000200. The van der Waals surface area contributed by atoms with Crippen molar-refractivity contribution < 1.29 is 5.82 Å². The highest BCUT2D eigenvalue weighted by atomic mass is 19.1. The van der Waals surface area contributed by atoms with E-state index in [4.69, 9.17) is 0 Å². The maximum Gasteiger partial charge on any atom is 0.123 e. The van der Waals surface area contributed by atoms with Gasteiger partial charge >= 0.3 is 0 Å². The van der Waals surface area contributed by atoms with Gasteiger partial charge in [0.1, 0.15) is 5.82 Å². The molecule has 1 aliphatic rings. The number of benzene rings is 1. The van der Waals surface area contributed by atoms with Crippen molar-refractivity contribution in [1.29, 1.82) is 0 Å². The molecule has 2 rings (SSSR count). The van der Waals surface area contributed by atoms with Crippen molar-refractivity contribution in [3.8, 4) is 0 Å². The molecule has 3 heteroatoms. The Bertz CT molecular complexity index is 411. The molecule has 0 aliphatic carbocycles. The minimum Gasteiger partial charge on any atom is -0.314 e. The minimum atomic E-state index is -0.133. The summed E-state index contributed by atoms with van der Waals surface area (Å²) in [5.74, 6) is -0.133. The molecule has 0 amide bonds. The first-order valence-electron chi connectivity index (χ1n) is 7.36. The Morgan fingerprint density at radius 1 is 1.47 bits per heavy atom. The quantitative estimate of drug-likeness (QED) is 0.896. The van der Waals surface area contributed by atoms with Gasteiger partial charge in [-0.05, 0) is 50.9 Å². The van der Waals surface area contributed by atoms with Crippen molar-refractivity contribution in [3.63, 3.8) is 0 Å². The average Bonchev–Trinajstić information content (AvgIpc) is 2.39. The predicted molar refractivity (Wildman–Crippen MR) is 79.8 cm³/mol. The summed E-state index contributed by atoms with van der Waals surface area (Å²) in [6.07, 6.45) is 2.24. The lowest BCUT2D eigenvalue weighted by molar-refractivity contribution is 0.0928. The van der Waals surface area contributed by atoms with Crippen LogP contribution in [0.2, 0.25) is 0 Å². The Kier molecular flexibility index (Phi) is 4.94. The van der Waals surface area contributed by atoms with Gasteiger partial charge in [-0.15, -0.1) is 0 Å². The van der Waals surface area contributed by atoms with Crippen molar-refractivity contribution in [2.24, 2.45) is 0 Å². The lowest BCUT2D eigenvalue weighted by Gasteiger charge is -2.42. The van der Waals surface area contributed by atoms with E-state index >= 15 is 0 Å². The summed E-state index contributed by atoms with van der Waals surface area (Å²) in [4.78, 5) is 2.49. The maximum atomic E-state index is 13.5. The van der Waals surface area contributed by atoms with E-state index in [1.165, 1.54) is 12.5 Å². The first-order chi connectivity index (χ1) is 9.11. The smallest absolute Gasteiger partial charge is 0.123 e. The Morgan fingerprint density at radius 3 is 2.89 bits per heavy atom. The molecule has 1 aliphatic heterocycles. The molecule has 1 fully saturated rings. The zero-order chi connectivity index (χ0) is 13.8. The van der Waals surface area contributed by atoms with E-state index < -0.39 is 0 Å². The zero-order valence-corrected chi connectivity index (χ0v) is 12.2. The number of hydrogen-bond acceptors (Lipinski definition) is 2. The summed E-state index contributed by atoms with van der Waals surface area (Å²) in [7, 11) is 0. The fourth-order valence-electron chi connectivity index (χ4n) is 3.12. The second kappa shape index (κ2) is 6.49. The Hall–Kier alpha value is -0.930. The van der Waals surface area contributed by atoms with Crippen LogP contribution in [-0.4, -0.2) is 30.1 Å². The van der Waals surface area contributed by atoms with Crippen molar-refractivity contribution in [2.75, 3.05) is 13.1 Å². The molecule has 19 heavy (non-hydrogen) atoms. The molecule has 0 spiro atoms. The van der Waals surface area contributed by atoms with Crippen LogP contribution >= 0.6 is 0 Å². The molecule has 108 valence electrons. The first kappa shape index (κ1) is 14.5. The average molecular weight is 266 g/mol. The van der Waals surface area contributed by atoms with E-state index in [9.17, 15) is 4.39 Å². The van der Waals surface area contributed by atoms with Gasteiger partial charge in [0.05, 0.1) is 0 Å². The normalized spacial score (nSPS) is 24.9. The fraction of sp³-hybridized carbons (Fsp3) is 0.625. The molecule has 1 heterocycles. The number of nitrogens with zero attached hydrogens (tertiary/aromatic N) is 1. The maximum absolute atomic E-state index is 13.5. The first-order valence-corrected chi connectivity index (χ1v) is 7.36. The minimum absolute atomic E-state index is 0. The standard InChI is InChI=1S/C16H25FN2.H2/c1-4-18-15-8-9-19(12(2)3)16(11-15)13-6-5-7-14(17)10-13;/h5-7,10,12,15-16,18H,4,8-9,11H2,1-3H3;1H/t15-,16+;/m1./s1.